The maximum Gasteiger partial charge on any atom is 0.167 e. The molecular weight excluding hydrogens is 304 g/mol. The quantitative estimate of drug-likeness (QED) is 0.930. The number of ether oxygens (including phenoxy) is 1. The van der Waals surface area contributed by atoms with Gasteiger partial charge in [-0.1, -0.05) is 28.1 Å². The Hall–Kier alpha value is -1.46. The summed E-state index contributed by atoms with van der Waals surface area (Å²) in [6.45, 7) is 0.114. The van der Waals surface area contributed by atoms with Crippen LogP contribution in [-0.2, 0) is 6.54 Å². The molecule has 0 unspecified atom stereocenters. The molecule has 0 aromatic heterocycles. The summed E-state index contributed by atoms with van der Waals surface area (Å²) in [5, 5.41) is 0. The number of benzene rings is 2. The Morgan fingerprint density at radius 3 is 2.61 bits per heavy atom. The lowest BCUT2D eigenvalue weighted by Crippen LogP contribution is -2.01. The van der Waals surface area contributed by atoms with E-state index in [0.717, 1.165) is 0 Å². The maximum absolute atomic E-state index is 13.6. The highest BCUT2D eigenvalue weighted by Gasteiger charge is 2.12. The van der Waals surface area contributed by atoms with Gasteiger partial charge >= 0.3 is 0 Å². The molecule has 0 aliphatic rings. The molecule has 2 aromatic carbocycles. The summed E-state index contributed by atoms with van der Waals surface area (Å²) in [4.78, 5) is 0. The van der Waals surface area contributed by atoms with Crippen molar-refractivity contribution in [2.24, 2.45) is 5.73 Å². The summed E-state index contributed by atoms with van der Waals surface area (Å²) in [7, 11) is 0. The third-order valence-electron chi connectivity index (χ3n) is 2.37. The minimum atomic E-state index is -0.572. The average molecular weight is 314 g/mol. The van der Waals surface area contributed by atoms with Gasteiger partial charge in [0.05, 0.1) is 0 Å². The molecule has 0 aliphatic heterocycles. The first-order valence-electron chi connectivity index (χ1n) is 5.22. The molecule has 18 heavy (non-hydrogen) atoms. The van der Waals surface area contributed by atoms with Crippen molar-refractivity contribution in [3.63, 3.8) is 0 Å². The topological polar surface area (TPSA) is 35.2 Å². The minimum Gasteiger partial charge on any atom is -0.451 e. The highest BCUT2D eigenvalue weighted by molar-refractivity contribution is 9.10. The van der Waals surface area contributed by atoms with Crippen molar-refractivity contribution >= 4 is 15.9 Å². The number of rotatable bonds is 3. The molecular formula is C13H10BrF2NO. The Balaban J connectivity index is 2.42. The van der Waals surface area contributed by atoms with Crippen LogP contribution in [-0.4, -0.2) is 0 Å². The Labute approximate surface area is 112 Å². The molecule has 0 fully saturated rings. The van der Waals surface area contributed by atoms with E-state index in [2.05, 4.69) is 15.9 Å². The summed E-state index contributed by atoms with van der Waals surface area (Å²) < 4.78 is 33.1. The molecule has 0 saturated carbocycles. The van der Waals surface area contributed by atoms with Crippen LogP contribution < -0.4 is 10.5 Å². The first-order chi connectivity index (χ1) is 8.61. The summed E-state index contributed by atoms with van der Waals surface area (Å²) in [6, 6.07) is 8.61. The van der Waals surface area contributed by atoms with Gasteiger partial charge < -0.3 is 10.5 Å². The summed E-state index contributed by atoms with van der Waals surface area (Å²) >= 11 is 3.20. The highest BCUT2D eigenvalue weighted by Crippen LogP contribution is 2.31. The van der Waals surface area contributed by atoms with Crippen LogP contribution in [0.15, 0.2) is 40.9 Å². The predicted octanol–water partition coefficient (Wildman–Crippen LogP) is 3.98. The van der Waals surface area contributed by atoms with Crippen LogP contribution in [0.4, 0.5) is 8.78 Å². The van der Waals surface area contributed by atoms with Crippen molar-refractivity contribution in [1.82, 2.24) is 0 Å². The van der Waals surface area contributed by atoms with Crippen molar-refractivity contribution in [3.05, 3.63) is 58.1 Å². The van der Waals surface area contributed by atoms with Crippen LogP contribution in [0.25, 0.3) is 0 Å². The van der Waals surface area contributed by atoms with E-state index in [9.17, 15) is 8.78 Å². The lowest BCUT2D eigenvalue weighted by atomic mass is 10.2. The molecule has 0 bridgehead atoms. The molecule has 2 N–H and O–H groups in total. The third-order valence-corrected chi connectivity index (χ3v) is 2.87. The molecule has 2 aromatic rings. The van der Waals surface area contributed by atoms with E-state index >= 15 is 0 Å². The molecule has 5 heteroatoms. The number of hydrogen-bond acceptors (Lipinski definition) is 2. The highest BCUT2D eigenvalue weighted by atomic mass is 79.9. The zero-order valence-corrected chi connectivity index (χ0v) is 10.9. The molecule has 0 heterocycles. The zero-order chi connectivity index (χ0) is 13.1. The van der Waals surface area contributed by atoms with Gasteiger partial charge in [0.1, 0.15) is 0 Å². The Kier molecular flexibility index (Phi) is 3.93. The molecule has 2 rings (SSSR count). The molecule has 0 atom stereocenters. The van der Waals surface area contributed by atoms with Gasteiger partial charge in [0.15, 0.2) is 23.1 Å². The fraction of sp³-hybridized carbons (Fsp3) is 0.0769. The monoisotopic (exact) mass is 313 g/mol. The smallest absolute Gasteiger partial charge is 0.167 e. The van der Waals surface area contributed by atoms with Gasteiger partial charge in [-0.15, -0.1) is 0 Å². The van der Waals surface area contributed by atoms with Crippen LogP contribution in [0.1, 0.15) is 5.56 Å². The molecule has 0 saturated heterocycles. The van der Waals surface area contributed by atoms with Crippen molar-refractivity contribution in [2.75, 3.05) is 0 Å². The Morgan fingerprint density at radius 2 is 1.89 bits per heavy atom. The average Bonchev–Trinajstić information content (AvgIpc) is 2.36. The molecule has 0 aliphatic carbocycles. The number of hydrogen-bond donors (Lipinski definition) is 1. The van der Waals surface area contributed by atoms with Crippen molar-refractivity contribution in [1.29, 1.82) is 0 Å². The molecule has 94 valence electrons. The number of halogens is 3. The Morgan fingerprint density at radius 1 is 1.11 bits per heavy atom. The van der Waals surface area contributed by atoms with E-state index in [1.165, 1.54) is 30.3 Å². The van der Waals surface area contributed by atoms with Crippen LogP contribution in [0.5, 0.6) is 11.5 Å². The molecule has 2 nitrogen and oxygen atoms in total. The fourth-order valence-corrected chi connectivity index (χ4v) is 1.83. The standard InChI is InChI=1S/C13H10BrF2NO/c14-9-4-5-10(15)12(6-9)18-13-8(7-17)2-1-3-11(13)16/h1-6H,7,17H2. The van der Waals surface area contributed by atoms with Gasteiger partial charge in [-0.3, -0.25) is 0 Å². The van der Waals surface area contributed by atoms with Gasteiger partial charge in [0.2, 0.25) is 0 Å². The van der Waals surface area contributed by atoms with Gasteiger partial charge in [-0.25, -0.2) is 8.78 Å². The zero-order valence-electron chi connectivity index (χ0n) is 9.29. The third kappa shape index (κ3) is 2.68. The largest absolute Gasteiger partial charge is 0.451 e. The summed E-state index contributed by atoms with van der Waals surface area (Å²) in [6.07, 6.45) is 0. The number of para-hydroxylation sites is 1. The van der Waals surface area contributed by atoms with Crippen molar-refractivity contribution in [3.8, 4) is 11.5 Å². The maximum atomic E-state index is 13.6. The van der Waals surface area contributed by atoms with Crippen LogP contribution in [0, 0.1) is 11.6 Å². The second kappa shape index (κ2) is 5.46. The summed E-state index contributed by atoms with van der Waals surface area (Å²) in [5.74, 6) is -1.23. The van der Waals surface area contributed by atoms with Crippen molar-refractivity contribution < 1.29 is 13.5 Å². The number of nitrogens with two attached hydrogens (primary N) is 1. The second-order valence-electron chi connectivity index (χ2n) is 3.61. The van der Waals surface area contributed by atoms with Crippen LogP contribution in [0.2, 0.25) is 0 Å². The van der Waals surface area contributed by atoms with Gasteiger partial charge in [-0.05, 0) is 24.3 Å². The fourth-order valence-electron chi connectivity index (χ4n) is 1.49. The van der Waals surface area contributed by atoms with Gasteiger partial charge in [0, 0.05) is 16.6 Å². The SMILES string of the molecule is NCc1cccc(F)c1Oc1cc(Br)ccc1F. The van der Waals surface area contributed by atoms with Crippen LogP contribution in [0.3, 0.4) is 0 Å². The minimum absolute atomic E-state index is 0.0444. The first-order valence-corrected chi connectivity index (χ1v) is 6.01. The lowest BCUT2D eigenvalue weighted by molar-refractivity contribution is 0.409. The molecule has 0 amide bonds. The van der Waals surface area contributed by atoms with Crippen LogP contribution >= 0.6 is 15.9 Å². The van der Waals surface area contributed by atoms with Crippen molar-refractivity contribution in [2.45, 2.75) is 6.54 Å². The predicted molar refractivity (Wildman–Crippen MR) is 68.5 cm³/mol. The van der Waals surface area contributed by atoms with E-state index in [-0.39, 0.29) is 18.0 Å². The molecule has 0 radical (unpaired) electrons. The van der Waals surface area contributed by atoms with E-state index in [0.29, 0.717) is 10.0 Å². The van der Waals surface area contributed by atoms with E-state index in [1.807, 2.05) is 0 Å². The van der Waals surface area contributed by atoms with Gasteiger partial charge in [0.25, 0.3) is 0 Å². The molecule has 0 spiro atoms. The normalized spacial score (nSPS) is 10.4. The second-order valence-corrected chi connectivity index (χ2v) is 4.52. The first kappa shape index (κ1) is 13.0. The van der Waals surface area contributed by atoms with E-state index < -0.39 is 11.6 Å². The Bertz CT molecular complexity index is 575. The summed E-state index contributed by atoms with van der Waals surface area (Å²) in [5.41, 5.74) is 5.97. The van der Waals surface area contributed by atoms with E-state index in [1.54, 1.807) is 6.07 Å². The van der Waals surface area contributed by atoms with Gasteiger partial charge in [-0.2, -0.15) is 0 Å². The lowest BCUT2D eigenvalue weighted by Gasteiger charge is -2.11. The van der Waals surface area contributed by atoms with E-state index in [4.69, 9.17) is 10.5 Å².